The van der Waals surface area contributed by atoms with Gasteiger partial charge in [-0.05, 0) is 43.7 Å². The number of nitrogens with zero attached hydrogens (tertiary/aromatic N) is 1. The van der Waals surface area contributed by atoms with Crippen LogP contribution in [0.4, 0.5) is 4.79 Å². The van der Waals surface area contributed by atoms with Crippen LogP contribution in [-0.2, 0) is 11.3 Å². The lowest BCUT2D eigenvalue weighted by atomic mass is 10.2. The highest BCUT2D eigenvalue weighted by Gasteiger charge is 2.07. The van der Waals surface area contributed by atoms with Gasteiger partial charge in [0, 0.05) is 41.9 Å². The van der Waals surface area contributed by atoms with E-state index >= 15 is 0 Å². The van der Waals surface area contributed by atoms with Crippen molar-refractivity contribution in [3.63, 3.8) is 0 Å². The van der Waals surface area contributed by atoms with Crippen molar-refractivity contribution in [3.05, 3.63) is 48.5 Å². The van der Waals surface area contributed by atoms with Crippen molar-refractivity contribution in [3.8, 4) is 23.7 Å². The molecule has 2 aromatic carbocycles. The van der Waals surface area contributed by atoms with E-state index in [-0.39, 0.29) is 12.7 Å². The molecule has 1 aromatic heterocycles. The predicted molar refractivity (Wildman–Crippen MR) is 122 cm³/mol. The summed E-state index contributed by atoms with van der Waals surface area (Å²) >= 11 is 0. The maximum atomic E-state index is 10.1. The smallest absolute Gasteiger partial charge is 0.406 e. The first kappa shape index (κ1) is 22.9. The van der Waals surface area contributed by atoms with Crippen LogP contribution in [0, 0.1) is 23.7 Å². The van der Waals surface area contributed by atoms with Gasteiger partial charge in [-0.2, -0.15) is 0 Å². The molecule has 156 valence electrons. The average Bonchev–Trinajstić information content (AvgIpc) is 3.10. The van der Waals surface area contributed by atoms with Crippen LogP contribution in [0.25, 0.3) is 21.8 Å². The molecule has 0 radical (unpaired) electrons. The van der Waals surface area contributed by atoms with E-state index < -0.39 is 0 Å². The fourth-order valence-corrected chi connectivity index (χ4v) is 2.97. The van der Waals surface area contributed by atoms with Gasteiger partial charge in [-0.15, -0.1) is 0 Å². The van der Waals surface area contributed by atoms with Gasteiger partial charge in [0.15, 0.2) is 0 Å². The van der Waals surface area contributed by atoms with Crippen molar-refractivity contribution in [2.45, 2.75) is 32.7 Å². The summed E-state index contributed by atoms with van der Waals surface area (Å²) in [6.45, 7) is 3.06. The minimum atomic E-state index is -0.373. The highest BCUT2D eigenvalue weighted by molar-refractivity contribution is 6.08. The van der Waals surface area contributed by atoms with Crippen LogP contribution in [-0.4, -0.2) is 36.0 Å². The highest BCUT2D eigenvalue weighted by atomic mass is 16.5. The number of carbonyl (C=O) groups is 1. The van der Waals surface area contributed by atoms with Crippen LogP contribution in [0.2, 0.25) is 0 Å². The van der Waals surface area contributed by atoms with Gasteiger partial charge in [0.05, 0.1) is 13.2 Å². The Labute approximate surface area is 178 Å². The third kappa shape index (κ3) is 6.58. The van der Waals surface area contributed by atoms with Crippen molar-refractivity contribution in [2.75, 3.05) is 20.3 Å². The highest BCUT2D eigenvalue weighted by Crippen LogP contribution is 2.28. The predicted octanol–water partition coefficient (Wildman–Crippen LogP) is 4.33. The van der Waals surface area contributed by atoms with E-state index in [9.17, 15) is 4.79 Å². The molecular formula is C25H28N2O3. The summed E-state index contributed by atoms with van der Waals surface area (Å²) < 4.78 is 6.68. The molecule has 30 heavy (non-hydrogen) atoms. The van der Waals surface area contributed by atoms with Crippen molar-refractivity contribution in [2.24, 2.45) is 0 Å². The number of para-hydroxylation sites is 2. The molecule has 0 fully saturated rings. The molecule has 0 bridgehead atoms. The number of unbranched alkanes of at least 4 members (excludes halogenated alkanes) is 2. The Kier molecular flexibility index (Phi) is 9.86. The molecule has 1 heterocycles. The standard InChI is InChI=1S/C21H19NO.C4H9NO2/c23-17-11-5-3-1-2-4-10-16-22-20-14-8-6-12-18(20)19-13-7-9-15-21(19)22;1-3-7-4(6)5-2/h6-9,12-15,23H,3,5,11,16-17H2;3H2,1-2H3,(H,5,6). The fourth-order valence-electron chi connectivity index (χ4n) is 2.97. The number of ether oxygens (including phenoxy) is 1. The van der Waals surface area contributed by atoms with E-state index in [0.29, 0.717) is 13.2 Å². The van der Waals surface area contributed by atoms with Crippen molar-refractivity contribution >= 4 is 27.9 Å². The maximum Gasteiger partial charge on any atom is 0.406 e. The molecule has 0 aliphatic rings. The van der Waals surface area contributed by atoms with Crippen LogP contribution >= 0.6 is 0 Å². The third-order valence-corrected chi connectivity index (χ3v) is 4.35. The van der Waals surface area contributed by atoms with Gasteiger partial charge in [-0.3, -0.25) is 0 Å². The normalized spacial score (nSPS) is 9.57. The summed E-state index contributed by atoms with van der Waals surface area (Å²) in [5.74, 6) is 12.0. The Morgan fingerprint density at radius 1 is 1.00 bits per heavy atom. The molecule has 0 saturated carbocycles. The second kappa shape index (κ2) is 12.9. The van der Waals surface area contributed by atoms with Crippen LogP contribution in [0.15, 0.2) is 48.5 Å². The van der Waals surface area contributed by atoms with Gasteiger partial charge >= 0.3 is 6.09 Å². The summed E-state index contributed by atoms with van der Waals surface area (Å²) in [6, 6.07) is 16.9. The number of nitrogens with one attached hydrogen (secondary N) is 1. The lowest BCUT2D eigenvalue weighted by molar-refractivity contribution is 0.154. The molecule has 0 spiro atoms. The lowest BCUT2D eigenvalue weighted by Crippen LogP contribution is -2.18. The summed E-state index contributed by atoms with van der Waals surface area (Å²) in [5, 5.41) is 13.5. The molecule has 0 aliphatic heterocycles. The maximum absolute atomic E-state index is 10.1. The molecule has 0 unspecified atom stereocenters. The number of hydrogen-bond acceptors (Lipinski definition) is 3. The minimum absolute atomic E-state index is 0.237. The van der Waals surface area contributed by atoms with E-state index in [2.05, 4.69) is 86.8 Å². The number of aliphatic hydroxyl groups excluding tert-OH is 1. The van der Waals surface area contributed by atoms with E-state index in [1.807, 2.05) is 0 Å². The Balaban J connectivity index is 0.000000396. The van der Waals surface area contributed by atoms with Gasteiger partial charge < -0.3 is 19.7 Å². The number of amides is 1. The average molecular weight is 405 g/mol. The number of rotatable bonds is 5. The van der Waals surface area contributed by atoms with E-state index in [0.717, 1.165) is 19.3 Å². The third-order valence-electron chi connectivity index (χ3n) is 4.35. The summed E-state index contributed by atoms with van der Waals surface area (Å²) in [5.41, 5.74) is 2.41. The lowest BCUT2D eigenvalue weighted by Gasteiger charge is -2.01. The summed E-state index contributed by atoms with van der Waals surface area (Å²) in [6.07, 6.45) is 2.16. The summed E-state index contributed by atoms with van der Waals surface area (Å²) in [7, 11) is 1.53. The first-order valence-electron chi connectivity index (χ1n) is 10.1. The number of hydrogen-bond donors (Lipinski definition) is 2. The second-order valence-electron chi connectivity index (χ2n) is 6.38. The van der Waals surface area contributed by atoms with Crippen LogP contribution < -0.4 is 5.32 Å². The molecule has 0 aliphatic carbocycles. The monoisotopic (exact) mass is 404 g/mol. The number of carbonyl (C=O) groups excluding carboxylic acids is 1. The SMILES string of the molecule is CCOC(=O)NC.OCCCCC#CC#CCn1c2ccccc2c2ccccc21. The van der Waals surface area contributed by atoms with Crippen LogP contribution in [0.3, 0.4) is 0 Å². The number of benzene rings is 2. The first-order chi connectivity index (χ1) is 14.7. The Morgan fingerprint density at radius 3 is 2.13 bits per heavy atom. The van der Waals surface area contributed by atoms with E-state index in [4.69, 9.17) is 5.11 Å². The second-order valence-corrected chi connectivity index (χ2v) is 6.38. The van der Waals surface area contributed by atoms with Crippen molar-refractivity contribution < 1.29 is 14.6 Å². The van der Waals surface area contributed by atoms with Crippen LogP contribution in [0.5, 0.6) is 0 Å². The molecule has 3 aromatic rings. The molecule has 5 heteroatoms. The molecular weight excluding hydrogens is 376 g/mol. The van der Waals surface area contributed by atoms with Gasteiger partial charge in [-0.25, -0.2) is 4.79 Å². The zero-order chi connectivity index (χ0) is 21.6. The molecule has 5 nitrogen and oxygen atoms in total. The molecule has 1 amide bonds. The fraction of sp³-hybridized carbons (Fsp3) is 0.320. The molecule has 3 rings (SSSR count). The van der Waals surface area contributed by atoms with Crippen molar-refractivity contribution in [1.29, 1.82) is 0 Å². The van der Waals surface area contributed by atoms with Gasteiger partial charge in [0.1, 0.15) is 0 Å². The molecule has 2 N–H and O–H groups in total. The minimum Gasteiger partial charge on any atom is -0.450 e. The quantitative estimate of drug-likeness (QED) is 0.492. The van der Waals surface area contributed by atoms with E-state index in [1.54, 1.807) is 6.92 Å². The Morgan fingerprint density at radius 2 is 1.60 bits per heavy atom. The van der Waals surface area contributed by atoms with Crippen molar-refractivity contribution in [1.82, 2.24) is 9.88 Å². The first-order valence-corrected chi connectivity index (χ1v) is 10.1. The zero-order valence-corrected chi connectivity index (χ0v) is 17.6. The number of aromatic nitrogens is 1. The van der Waals surface area contributed by atoms with Gasteiger partial charge in [-0.1, -0.05) is 48.2 Å². The number of aliphatic hydroxyl groups is 1. The topological polar surface area (TPSA) is 63.5 Å². The van der Waals surface area contributed by atoms with Gasteiger partial charge in [0.25, 0.3) is 0 Å². The molecule has 0 atom stereocenters. The zero-order valence-electron chi connectivity index (χ0n) is 17.6. The number of fused-ring (bicyclic) bond motifs is 3. The van der Waals surface area contributed by atoms with E-state index in [1.165, 1.54) is 28.9 Å². The Bertz CT molecular complexity index is 1020. The summed E-state index contributed by atoms with van der Waals surface area (Å²) in [4.78, 5) is 10.1. The molecule has 0 saturated heterocycles. The van der Waals surface area contributed by atoms with Crippen LogP contribution in [0.1, 0.15) is 26.2 Å². The largest absolute Gasteiger partial charge is 0.450 e. The Hall–Kier alpha value is -3.41. The number of alkyl carbamates (subject to hydrolysis) is 1. The van der Waals surface area contributed by atoms with Gasteiger partial charge in [0.2, 0.25) is 0 Å².